The van der Waals surface area contributed by atoms with Crippen LogP contribution in [0.15, 0.2) is 18.5 Å². The molecular formula is C10H11ClN2. The predicted octanol–water partition coefficient (Wildman–Crippen LogP) is 2.65. The van der Waals surface area contributed by atoms with Gasteiger partial charge in [-0.2, -0.15) is 0 Å². The van der Waals surface area contributed by atoms with E-state index in [0.717, 1.165) is 12.1 Å². The third kappa shape index (κ3) is 1.54. The molecule has 13 heavy (non-hydrogen) atoms. The molecule has 2 aromatic heterocycles. The molecule has 1 N–H and O–H groups in total. The molecule has 68 valence electrons. The summed E-state index contributed by atoms with van der Waals surface area (Å²) < 4.78 is 0. The summed E-state index contributed by atoms with van der Waals surface area (Å²) in [5, 5.41) is 1.20. The van der Waals surface area contributed by atoms with Gasteiger partial charge in [-0.15, -0.1) is 11.6 Å². The van der Waals surface area contributed by atoms with Crippen LogP contribution < -0.4 is 0 Å². The minimum Gasteiger partial charge on any atom is -0.346 e. The van der Waals surface area contributed by atoms with Gasteiger partial charge in [0.05, 0.1) is 0 Å². The van der Waals surface area contributed by atoms with Crippen molar-refractivity contribution >= 4 is 22.6 Å². The lowest BCUT2D eigenvalue weighted by Gasteiger charge is -1.95. The van der Waals surface area contributed by atoms with E-state index in [0.29, 0.717) is 5.88 Å². The number of rotatable bonds is 2. The Morgan fingerprint density at radius 2 is 2.38 bits per heavy atom. The number of hydrogen-bond donors (Lipinski definition) is 1. The highest BCUT2D eigenvalue weighted by molar-refractivity contribution is 6.18. The zero-order valence-electron chi connectivity index (χ0n) is 7.47. The Labute approximate surface area is 81.9 Å². The SMILES string of the molecule is Cc1cnc2[nH]cc(CCCl)c2c1. The maximum Gasteiger partial charge on any atom is 0.137 e. The fraction of sp³-hybridized carbons (Fsp3) is 0.300. The Morgan fingerprint density at radius 1 is 1.54 bits per heavy atom. The first-order valence-electron chi connectivity index (χ1n) is 4.30. The van der Waals surface area contributed by atoms with Crippen molar-refractivity contribution in [1.29, 1.82) is 0 Å². The first-order valence-corrected chi connectivity index (χ1v) is 4.83. The van der Waals surface area contributed by atoms with E-state index in [-0.39, 0.29) is 0 Å². The van der Waals surface area contributed by atoms with Crippen molar-refractivity contribution in [3.05, 3.63) is 29.6 Å². The smallest absolute Gasteiger partial charge is 0.137 e. The molecule has 0 unspecified atom stereocenters. The standard InChI is InChI=1S/C10H11ClN2/c1-7-4-9-8(2-3-11)6-13-10(9)12-5-7/h4-6H,2-3H2,1H3,(H,12,13). The quantitative estimate of drug-likeness (QED) is 0.732. The molecule has 0 amide bonds. The molecule has 0 aliphatic heterocycles. The molecule has 0 saturated carbocycles. The second-order valence-electron chi connectivity index (χ2n) is 3.16. The number of pyridine rings is 1. The van der Waals surface area contributed by atoms with Gasteiger partial charge in [0, 0.05) is 23.7 Å². The van der Waals surface area contributed by atoms with Crippen LogP contribution in [0, 0.1) is 6.92 Å². The zero-order valence-corrected chi connectivity index (χ0v) is 8.23. The maximum absolute atomic E-state index is 5.70. The number of H-pyrrole nitrogens is 1. The summed E-state index contributed by atoms with van der Waals surface area (Å²) in [7, 11) is 0. The Hall–Kier alpha value is -1.02. The van der Waals surface area contributed by atoms with Gasteiger partial charge in [0.15, 0.2) is 0 Å². The van der Waals surface area contributed by atoms with E-state index in [1.165, 1.54) is 16.5 Å². The van der Waals surface area contributed by atoms with Gasteiger partial charge < -0.3 is 4.98 Å². The van der Waals surface area contributed by atoms with Gasteiger partial charge in [0.2, 0.25) is 0 Å². The monoisotopic (exact) mass is 194 g/mol. The van der Waals surface area contributed by atoms with Crippen LogP contribution in [0.4, 0.5) is 0 Å². The molecule has 2 rings (SSSR count). The van der Waals surface area contributed by atoms with E-state index in [4.69, 9.17) is 11.6 Å². The Morgan fingerprint density at radius 3 is 3.15 bits per heavy atom. The lowest BCUT2D eigenvalue weighted by Crippen LogP contribution is -1.84. The number of nitrogens with one attached hydrogen (secondary N) is 1. The van der Waals surface area contributed by atoms with E-state index in [1.54, 1.807) is 0 Å². The van der Waals surface area contributed by atoms with Crippen molar-refractivity contribution in [2.75, 3.05) is 5.88 Å². The molecule has 2 nitrogen and oxygen atoms in total. The lowest BCUT2D eigenvalue weighted by molar-refractivity contribution is 1.16. The molecule has 0 atom stereocenters. The van der Waals surface area contributed by atoms with Gasteiger partial charge in [-0.25, -0.2) is 4.98 Å². The average Bonchev–Trinajstić information content (AvgIpc) is 2.49. The van der Waals surface area contributed by atoms with E-state index in [1.807, 2.05) is 19.3 Å². The fourth-order valence-corrected chi connectivity index (χ4v) is 1.67. The molecule has 0 bridgehead atoms. The Balaban J connectivity index is 2.58. The van der Waals surface area contributed by atoms with Crippen LogP contribution in [0.1, 0.15) is 11.1 Å². The second kappa shape index (κ2) is 3.38. The van der Waals surface area contributed by atoms with Crippen LogP contribution >= 0.6 is 11.6 Å². The van der Waals surface area contributed by atoms with Crippen molar-refractivity contribution < 1.29 is 0 Å². The number of nitrogens with zero attached hydrogens (tertiary/aromatic N) is 1. The van der Waals surface area contributed by atoms with E-state index in [2.05, 4.69) is 16.0 Å². The minimum atomic E-state index is 0.654. The summed E-state index contributed by atoms with van der Waals surface area (Å²) in [5.74, 6) is 0.654. The second-order valence-corrected chi connectivity index (χ2v) is 3.54. The highest BCUT2D eigenvalue weighted by atomic mass is 35.5. The van der Waals surface area contributed by atoms with Crippen LogP contribution in [0.2, 0.25) is 0 Å². The number of aryl methyl sites for hydroxylation is 2. The number of halogens is 1. The van der Waals surface area contributed by atoms with Crippen LogP contribution in [-0.4, -0.2) is 15.8 Å². The molecule has 3 heteroatoms. The van der Waals surface area contributed by atoms with Crippen molar-refractivity contribution in [3.63, 3.8) is 0 Å². The molecule has 0 saturated heterocycles. The molecule has 0 fully saturated rings. The number of hydrogen-bond acceptors (Lipinski definition) is 1. The molecule has 0 radical (unpaired) electrons. The molecule has 0 aromatic carbocycles. The molecule has 0 spiro atoms. The summed E-state index contributed by atoms with van der Waals surface area (Å²) in [6.45, 7) is 2.05. The summed E-state index contributed by atoms with van der Waals surface area (Å²) in [4.78, 5) is 7.42. The average molecular weight is 195 g/mol. The number of alkyl halides is 1. The van der Waals surface area contributed by atoms with E-state index >= 15 is 0 Å². The van der Waals surface area contributed by atoms with Crippen molar-refractivity contribution in [1.82, 2.24) is 9.97 Å². The van der Waals surface area contributed by atoms with Crippen molar-refractivity contribution in [3.8, 4) is 0 Å². The Bertz CT molecular complexity index is 420. The number of fused-ring (bicyclic) bond motifs is 1. The summed E-state index contributed by atoms with van der Waals surface area (Å²) in [5.41, 5.74) is 3.38. The normalized spacial score (nSPS) is 10.9. The predicted molar refractivity (Wildman–Crippen MR) is 55.3 cm³/mol. The molecule has 2 aromatic rings. The highest BCUT2D eigenvalue weighted by Crippen LogP contribution is 2.17. The molecule has 0 aliphatic carbocycles. The van der Waals surface area contributed by atoms with Gasteiger partial charge >= 0.3 is 0 Å². The first-order chi connectivity index (χ1) is 6.31. The van der Waals surface area contributed by atoms with E-state index in [9.17, 15) is 0 Å². The first kappa shape index (κ1) is 8.57. The van der Waals surface area contributed by atoms with Crippen LogP contribution in [-0.2, 0) is 6.42 Å². The summed E-state index contributed by atoms with van der Waals surface area (Å²) >= 11 is 5.70. The third-order valence-corrected chi connectivity index (χ3v) is 2.31. The maximum atomic E-state index is 5.70. The molecule has 0 aliphatic rings. The van der Waals surface area contributed by atoms with Crippen LogP contribution in [0.25, 0.3) is 11.0 Å². The van der Waals surface area contributed by atoms with Gasteiger partial charge in [-0.3, -0.25) is 0 Å². The van der Waals surface area contributed by atoms with E-state index < -0.39 is 0 Å². The third-order valence-electron chi connectivity index (χ3n) is 2.12. The molecule has 2 heterocycles. The number of aromatic amines is 1. The summed E-state index contributed by atoms with van der Waals surface area (Å²) in [6, 6.07) is 2.14. The molecular weight excluding hydrogens is 184 g/mol. The number of aromatic nitrogens is 2. The Kier molecular flexibility index (Phi) is 2.23. The van der Waals surface area contributed by atoms with Crippen LogP contribution in [0.3, 0.4) is 0 Å². The van der Waals surface area contributed by atoms with Gasteiger partial charge in [-0.05, 0) is 30.5 Å². The van der Waals surface area contributed by atoms with Gasteiger partial charge in [0.25, 0.3) is 0 Å². The topological polar surface area (TPSA) is 28.7 Å². The zero-order chi connectivity index (χ0) is 9.26. The van der Waals surface area contributed by atoms with Gasteiger partial charge in [0.1, 0.15) is 5.65 Å². The van der Waals surface area contributed by atoms with Gasteiger partial charge in [-0.1, -0.05) is 0 Å². The lowest BCUT2D eigenvalue weighted by atomic mass is 10.1. The minimum absolute atomic E-state index is 0.654. The van der Waals surface area contributed by atoms with Crippen molar-refractivity contribution in [2.45, 2.75) is 13.3 Å². The van der Waals surface area contributed by atoms with Crippen LogP contribution in [0.5, 0.6) is 0 Å². The largest absolute Gasteiger partial charge is 0.346 e. The highest BCUT2D eigenvalue weighted by Gasteiger charge is 2.03. The van der Waals surface area contributed by atoms with Crippen molar-refractivity contribution in [2.24, 2.45) is 0 Å². The fourth-order valence-electron chi connectivity index (χ4n) is 1.47. The summed E-state index contributed by atoms with van der Waals surface area (Å²) in [6.07, 6.45) is 4.75.